The molecule has 0 spiro atoms. The van der Waals surface area contributed by atoms with Crippen molar-refractivity contribution in [1.82, 2.24) is 9.29 Å². The maximum Gasteiger partial charge on any atom is 0.339 e. The second-order valence-electron chi connectivity index (χ2n) is 8.48. The summed E-state index contributed by atoms with van der Waals surface area (Å²) in [6.45, 7) is -0.0291. The molecule has 0 saturated heterocycles. The monoisotopic (exact) mass is 520 g/mol. The number of carbonyl (C=O) groups excluding carboxylic acids is 1. The zero-order valence-corrected chi connectivity index (χ0v) is 20.8. The van der Waals surface area contributed by atoms with Crippen LogP contribution in [0.1, 0.15) is 21.5 Å². The van der Waals surface area contributed by atoms with Gasteiger partial charge in [0.05, 0.1) is 23.1 Å². The number of esters is 1. The van der Waals surface area contributed by atoms with Crippen molar-refractivity contribution in [2.45, 2.75) is 17.9 Å². The minimum Gasteiger partial charge on any atom is -0.465 e. The van der Waals surface area contributed by atoms with Crippen LogP contribution in [0.3, 0.4) is 0 Å². The molecule has 0 fully saturated rings. The second kappa shape index (κ2) is 10.1. The number of H-pyrrole nitrogens is 1. The van der Waals surface area contributed by atoms with Crippen LogP contribution >= 0.6 is 0 Å². The lowest BCUT2D eigenvalue weighted by atomic mass is 10.1. The van der Waals surface area contributed by atoms with Gasteiger partial charge in [-0.2, -0.15) is 4.31 Å². The van der Waals surface area contributed by atoms with E-state index in [0.29, 0.717) is 28.8 Å². The third-order valence-corrected chi connectivity index (χ3v) is 8.07. The molecule has 0 atom stereocenters. The average Bonchev–Trinajstić information content (AvgIpc) is 3.37. The Kier molecular flexibility index (Phi) is 6.68. The fourth-order valence-corrected chi connectivity index (χ4v) is 5.84. The SMILES string of the molecule is COC(=O)c1ccccc1S(=O)(=O)N(CCc1ccccc1)Cc1cc2cc3c(cc2[nH]c1=O)OCO3. The van der Waals surface area contributed by atoms with E-state index in [1.165, 1.54) is 23.5 Å². The molecule has 3 aromatic carbocycles. The Balaban J connectivity index is 1.55. The summed E-state index contributed by atoms with van der Waals surface area (Å²) >= 11 is 0. The molecular weight excluding hydrogens is 496 g/mol. The van der Waals surface area contributed by atoms with E-state index in [9.17, 15) is 18.0 Å². The third kappa shape index (κ3) is 4.93. The lowest BCUT2D eigenvalue weighted by Crippen LogP contribution is -2.35. The molecule has 37 heavy (non-hydrogen) atoms. The first-order valence-electron chi connectivity index (χ1n) is 11.5. The first-order valence-corrected chi connectivity index (χ1v) is 13.0. The van der Waals surface area contributed by atoms with Crippen LogP contribution in [0.15, 0.2) is 82.5 Å². The Morgan fingerprint density at radius 3 is 2.46 bits per heavy atom. The molecule has 1 aliphatic heterocycles. The number of aromatic nitrogens is 1. The molecule has 0 radical (unpaired) electrons. The van der Waals surface area contributed by atoms with Crippen molar-refractivity contribution in [2.24, 2.45) is 0 Å². The van der Waals surface area contributed by atoms with Gasteiger partial charge in [0.15, 0.2) is 11.5 Å². The zero-order chi connectivity index (χ0) is 26.0. The number of hydrogen-bond acceptors (Lipinski definition) is 7. The van der Waals surface area contributed by atoms with E-state index in [1.807, 2.05) is 30.3 Å². The standard InChI is InChI=1S/C27H24N2O7S/c1-34-27(31)21-9-5-6-10-25(21)37(32,33)29(12-11-18-7-3-2-4-8-18)16-20-13-19-14-23-24(36-17-35-23)15-22(19)28-26(20)30/h2-10,13-15H,11-12,16-17H2,1H3,(H,28,30). The molecule has 2 heterocycles. The highest BCUT2D eigenvalue weighted by Gasteiger charge is 2.30. The summed E-state index contributed by atoms with van der Waals surface area (Å²) in [6.07, 6.45) is 0.407. The molecule has 4 aromatic rings. The Morgan fingerprint density at radius 1 is 1.00 bits per heavy atom. The summed E-state index contributed by atoms with van der Waals surface area (Å²) in [5.74, 6) is 0.315. The predicted molar refractivity (Wildman–Crippen MR) is 136 cm³/mol. The topological polar surface area (TPSA) is 115 Å². The van der Waals surface area contributed by atoms with Gasteiger partial charge in [0.1, 0.15) is 0 Å². The highest BCUT2D eigenvalue weighted by atomic mass is 32.2. The molecule has 9 nitrogen and oxygen atoms in total. The van der Waals surface area contributed by atoms with E-state index in [4.69, 9.17) is 14.2 Å². The quantitative estimate of drug-likeness (QED) is 0.354. The molecule has 0 aliphatic carbocycles. The van der Waals surface area contributed by atoms with E-state index in [1.54, 1.807) is 30.3 Å². The maximum atomic E-state index is 13.9. The van der Waals surface area contributed by atoms with Crippen LogP contribution in [-0.2, 0) is 27.7 Å². The molecule has 0 bridgehead atoms. The molecule has 1 aromatic heterocycles. The minimum absolute atomic E-state index is 0.0742. The molecule has 0 unspecified atom stereocenters. The molecule has 1 N–H and O–H groups in total. The maximum absolute atomic E-state index is 13.9. The van der Waals surface area contributed by atoms with Gasteiger partial charge in [0, 0.05) is 30.1 Å². The Labute approximate surface area is 213 Å². The van der Waals surface area contributed by atoms with Crippen molar-refractivity contribution in [3.63, 3.8) is 0 Å². The van der Waals surface area contributed by atoms with E-state index in [-0.39, 0.29) is 35.9 Å². The van der Waals surface area contributed by atoms with Crippen LogP contribution in [0.2, 0.25) is 0 Å². The first kappa shape index (κ1) is 24.5. The van der Waals surface area contributed by atoms with Gasteiger partial charge in [-0.25, -0.2) is 13.2 Å². The highest BCUT2D eigenvalue weighted by Crippen LogP contribution is 2.35. The van der Waals surface area contributed by atoms with Gasteiger partial charge in [-0.3, -0.25) is 4.79 Å². The van der Waals surface area contributed by atoms with E-state index in [2.05, 4.69) is 4.98 Å². The van der Waals surface area contributed by atoms with Crippen molar-refractivity contribution >= 4 is 26.9 Å². The number of hydrogen-bond donors (Lipinski definition) is 1. The van der Waals surface area contributed by atoms with Crippen LogP contribution < -0.4 is 15.0 Å². The number of rotatable bonds is 8. The molecule has 10 heteroatoms. The van der Waals surface area contributed by atoms with Crippen LogP contribution in [0.25, 0.3) is 10.9 Å². The number of methoxy groups -OCH3 is 1. The van der Waals surface area contributed by atoms with Gasteiger partial charge in [0.2, 0.25) is 16.8 Å². The van der Waals surface area contributed by atoms with E-state index in [0.717, 1.165) is 5.56 Å². The molecule has 0 saturated carbocycles. The third-order valence-electron chi connectivity index (χ3n) is 6.16. The number of fused-ring (bicyclic) bond motifs is 2. The molecule has 0 amide bonds. The fraction of sp³-hybridized carbons (Fsp3) is 0.185. The number of aromatic amines is 1. The normalized spacial score (nSPS) is 12.7. The van der Waals surface area contributed by atoms with Gasteiger partial charge >= 0.3 is 5.97 Å². The number of benzene rings is 3. The molecular formula is C27H24N2O7S. The number of nitrogens with zero attached hydrogens (tertiary/aromatic N) is 1. The summed E-state index contributed by atoms with van der Waals surface area (Å²) in [6, 6.07) is 20.4. The second-order valence-corrected chi connectivity index (χ2v) is 10.4. The Hall–Kier alpha value is -4.15. The van der Waals surface area contributed by atoms with Crippen LogP contribution in [0.4, 0.5) is 0 Å². The van der Waals surface area contributed by atoms with Crippen molar-refractivity contribution in [2.75, 3.05) is 20.4 Å². The average molecular weight is 521 g/mol. The molecule has 5 rings (SSSR count). The predicted octanol–water partition coefficient (Wildman–Crippen LogP) is 3.48. The molecule has 190 valence electrons. The van der Waals surface area contributed by atoms with Gasteiger partial charge in [0.25, 0.3) is 5.56 Å². The van der Waals surface area contributed by atoms with Crippen molar-refractivity contribution < 1.29 is 27.4 Å². The smallest absolute Gasteiger partial charge is 0.339 e. The van der Waals surface area contributed by atoms with Gasteiger partial charge in [-0.15, -0.1) is 0 Å². The molecule has 1 aliphatic rings. The zero-order valence-electron chi connectivity index (χ0n) is 20.0. The summed E-state index contributed by atoms with van der Waals surface area (Å²) in [7, 11) is -3.01. The van der Waals surface area contributed by atoms with Gasteiger partial charge in [-0.1, -0.05) is 42.5 Å². The van der Waals surface area contributed by atoms with Crippen molar-refractivity contribution in [3.8, 4) is 11.5 Å². The number of nitrogens with one attached hydrogen (secondary N) is 1. The number of pyridine rings is 1. The lowest BCUT2D eigenvalue weighted by molar-refractivity contribution is 0.0596. The highest BCUT2D eigenvalue weighted by molar-refractivity contribution is 7.89. The van der Waals surface area contributed by atoms with Crippen LogP contribution in [0.5, 0.6) is 11.5 Å². The van der Waals surface area contributed by atoms with E-state index >= 15 is 0 Å². The summed E-state index contributed by atoms with van der Waals surface area (Å²) in [4.78, 5) is 28.0. The lowest BCUT2D eigenvalue weighted by Gasteiger charge is -2.23. The van der Waals surface area contributed by atoms with Crippen molar-refractivity contribution in [1.29, 1.82) is 0 Å². The Bertz CT molecular complexity index is 1630. The van der Waals surface area contributed by atoms with Crippen LogP contribution in [-0.4, -0.2) is 44.1 Å². The first-order chi connectivity index (χ1) is 17.9. The Morgan fingerprint density at radius 2 is 1.70 bits per heavy atom. The van der Waals surface area contributed by atoms with Gasteiger partial charge in [-0.05, 0) is 36.2 Å². The largest absolute Gasteiger partial charge is 0.465 e. The minimum atomic E-state index is -4.20. The van der Waals surface area contributed by atoms with Crippen LogP contribution in [0, 0.1) is 0 Å². The van der Waals surface area contributed by atoms with Crippen molar-refractivity contribution in [3.05, 3.63) is 99.8 Å². The number of ether oxygens (including phenoxy) is 3. The summed E-state index contributed by atoms with van der Waals surface area (Å²) in [5.41, 5.74) is 1.23. The fourth-order valence-electron chi connectivity index (χ4n) is 4.24. The number of sulfonamides is 1. The van der Waals surface area contributed by atoms with E-state index < -0.39 is 21.6 Å². The summed E-state index contributed by atoms with van der Waals surface area (Å²) < 4.78 is 44.6. The summed E-state index contributed by atoms with van der Waals surface area (Å²) in [5, 5.41) is 0.675. The van der Waals surface area contributed by atoms with Gasteiger partial charge < -0.3 is 19.2 Å². The number of carbonyl (C=O) groups is 1.